The molecule has 28 heavy (non-hydrogen) atoms. The highest BCUT2D eigenvalue weighted by atomic mass is 16.6. The number of alkyl carbamates (subject to hydrolysis) is 1. The minimum Gasteiger partial charge on any atom is -0.444 e. The van der Waals surface area contributed by atoms with Gasteiger partial charge < -0.3 is 10.1 Å². The second-order valence-corrected chi connectivity index (χ2v) is 7.98. The Morgan fingerprint density at radius 3 is 2.61 bits per heavy atom. The molecular weight excluding hydrogens is 356 g/mol. The van der Waals surface area contributed by atoms with Crippen molar-refractivity contribution < 1.29 is 14.3 Å². The van der Waals surface area contributed by atoms with E-state index in [1.807, 2.05) is 44.2 Å². The first-order valence-electron chi connectivity index (χ1n) is 9.32. The van der Waals surface area contributed by atoms with Crippen molar-refractivity contribution in [2.45, 2.75) is 52.7 Å². The summed E-state index contributed by atoms with van der Waals surface area (Å²) in [6.07, 6.45) is 3.10. The molecule has 7 nitrogen and oxygen atoms in total. The number of nitrogens with zero attached hydrogens (tertiary/aromatic N) is 2. The molecule has 150 valence electrons. The van der Waals surface area contributed by atoms with Crippen molar-refractivity contribution in [3.8, 4) is 0 Å². The lowest BCUT2D eigenvalue weighted by atomic mass is 10.0. The van der Waals surface area contributed by atoms with E-state index in [2.05, 4.69) is 20.8 Å². The smallest absolute Gasteiger partial charge is 0.408 e. The van der Waals surface area contributed by atoms with Gasteiger partial charge in [0.05, 0.1) is 11.7 Å². The van der Waals surface area contributed by atoms with E-state index < -0.39 is 23.6 Å². The van der Waals surface area contributed by atoms with Crippen molar-refractivity contribution >= 4 is 29.1 Å². The summed E-state index contributed by atoms with van der Waals surface area (Å²) < 4.78 is 5.25. The van der Waals surface area contributed by atoms with Gasteiger partial charge in [0.1, 0.15) is 11.6 Å². The fourth-order valence-electron chi connectivity index (χ4n) is 2.63. The van der Waals surface area contributed by atoms with Gasteiger partial charge in [-0.05, 0) is 39.2 Å². The number of hydrogen-bond donors (Lipinski definition) is 2. The second kappa shape index (κ2) is 9.30. The van der Waals surface area contributed by atoms with Crippen LogP contribution in [0, 0.1) is 5.92 Å². The van der Waals surface area contributed by atoms with Gasteiger partial charge >= 0.3 is 6.09 Å². The molecule has 0 saturated carbocycles. The Morgan fingerprint density at radius 1 is 1.21 bits per heavy atom. The lowest BCUT2D eigenvalue weighted by molar-refractivity contribution is -0.123. The third kappa shape index (κ3) is 6.64. The number of hydrogen-bond acceptors (Lipinski definition) is 5. The Morgan fingerprint density at radius 2 is 1.93 bits per heavy atom. The van der Waals surface area contributed by atoms with E-state index in [1.54, 1.807) is 33.2 Å². The molecule has 0 aliphatic heterocycles. The number of hydrazone groups is 1. The summed E-state index contributed by atoms with van der Waals surface area (Å²) in [7, 11) is 0. The van der Waals surface area contributed by atoms with E-state index >= 15 is 0 Å². The monoisotopic (exact) mass is 384 g/mol. The molecule has 0 aliphatic carbocycles. The average molecular weight is 384 g/mol. The maximum Gasteiger partial charge on any atom is 0.408 e. The first kappa shape index (κ1) is 21.3. The number of para-hydroxylation sites is 1. The second-order valence-electron chi connectivity index (χ2n) is 7.98. The zero-order valence-corrected chi connectivity index (χ0v) is 17.0. The van der Waals surface area contributed by atoms with Gasteiger partial charge in [0.2, 0.25) is 0 Å². The van der Waals surface area contributed by atoms with Gasteiger partial charge in [0.15, 0.2) is 0 Å². The highest BCUT2D eigenvalue weighted by Crippen LogP contribution is 2.14. The van der Waals surface area contributed by atoms with Crippen molar-refractivity contribution in [3.63, 3.8) is 0 Å². The molecule has 1 aromatic carbocycles. The lowest BCUT2D eigenvalue weighted by Crippen LogP contribution is -2.47. The van der Waals surface area contributed by atoms with Crippen LogP contribution in [0.3, 0.4) is 0 Å². The van der Waals surface area contributed by atoms with Gasteiger partial charge in [-0.15, -0.1) is 0 Å². The molecule has 1 aromatic heterocycles. The van der Waals surface area contributed by atoms with Crippen LogP contribution in [-0.4, -0.2) is 34.8 Å². The summed E-state index contributed by atoms with van der Waals surface area (Å²) in [6.45, 7) is 9.26. The van der Waals surface area contributed by atoms with Gasteiger partial charge in [0, 0.05) is 17.1 Å². The van der Waals surface area contributed by atoms with Crippen LogP contribution in [0.2, 0.25) is 0 Å². The Labute approximate surface area is 165 Å². The predicted octanol–water partition coefficient (Wildman–Crippen LogP) is 3.62. The van der Waals surface area contributed by atoms with Crippen LogP contribution in [0.5, 0.6) is 0 Å². The molecular formula is C21H28N4O3. The summed E-state index contributed by atoms with van der Waals surface area (Å²) in [5.74, 6) is -0.194. The molecule has 0 bridgehead atoms. The number of ether oxygens (including phenoxy) is 1. The number of aromatic nitrogens is 1. The molecule has 1 atom stereocenters. The molecule has 2 amide bonds. The van der Waals surface area contributed by atoms with E-state index in [9.17, 15) is 9.59 Å². The van der Waals surface area contributed by atoms with Crippen molar-refractivity contribution in [2.75, 3.05) is 0 Å². The van der Waals surface area contributed by atoms with E-state index in [0.29, 0.717) is 6.42 Å². The molecule has 0 aliphatic rings. The number of nitrogens with one attached hydrogen (secondary N) is 2. The molecule has 1 heterocycles. The van der Waals surface area contributed by atoms with E-state index in [-0.39, 0.29) is 5.92 Å². The van der Waals surface area contributed by atoms with Crippen molar-refractivity contribution in [2.24, 2.45) is 11.0 Å². The molecule has 0 fully saturated rings. The number of carbonyl (C=O) groups excluding carboxylic acids is 2. The fraction of sp³-hybridized carbons (Fsp3) is 0.429. The average Bonchev–Trinajstić information content (AvgIpc) is 2.59. The van der Waals surface area contributed by atoms with Crippen LogP contribution in [-0.2, 0) is 9.53 Å². The van der Waals surface area contributed by atoms with Crippen molar-refractivity contribution in [1.29, 1.82) is 0 Å². The van der Waals surface area contributed by atoms with Crippen LogP contribution >= 0.6 is 0 Å². The van der Waals surface area contributed by atoms with E-state index in [4.69, 9.17) is 4.74 Å². The largest absolute Gasteiger partial charge is 0.444 e. The maximum atomic E-state index is 12.5. The van der Waals surface area contributed by atoms with Gasteiger partial charge in [-0.2, -0.15) is 5.10 Å². The fourth-order valence-corrected chi connectivity index (χ4v) is 2.63. The van der Waals surface area contributed by atoms with Crippen LogP contribution in [0.4, 0.5) is 4.79 Å². The normalized spacial score (nSPS) is 12.9. The molecule has 2 rings (SSSR count). The Hall–Kier alpha value is -2.96. The topological polar surface area (TPSA) is 92.7 Å². The predicted molar refractivity (Wildman–Crippen MR) is 110 cm³/mol. The minimum atomic E-state index is -0.738. The van der Waals surface area contributed by atoms with E-state index in [1.165, 1.54) is 0 Å². The first-order chi connectivity index (χ1) is 13.2. The van der Waals surface area contributed by atoms with Crippen LogP contribution in [0.15, 0.2) is 41.6 Å². The maximum absolute atomic E-state index is 12.5. The molecule has 2 N–H and O–H groups in total. The SMILES string of the molecule is CC(C)CC(NC(=O)OC(C)(C)C)C(=O)NN=Cc1cccc2cccnc12. The standard InChI is InChI=1S/C21H28N4O3/c1-14(2)12-17(24-20(27)28-21(3,4)5)19(26)25-23-13-16-9-6-8-15-10-7-11-22-18(15)16/h6-11,13-14,17H,12H2,1-5H3,(H,24,27)(H,25,26). The molecule has 0 saturated heterocycles. The number of rotatable bonds is 6. The van der Waals surface area contributed by atoms with Gasteiger partial charge in [-0.1, -0.05) is 38.1 Å². The molecule has 7 heteroatoms. The van der Waals surface area contributed by atoms with Crippen molar-refractivity contribution in [3.05, 3.63) is 42.1 Å². The summed E-state index contributed by atoms with van der Waals surface area (Å²) >= 11 is 0. The Bertz CT molecular complexity index is 851. The van der Waals surface area contributed by atoms with Crippen LogP contribution in [0.1, 0.15) is 46.6 Å². The van der Waals surface area contributed by atoms with Crippen LogP contribution < -0.4 is 10.7 Å². The van der Waals surface area contributed by atoms with Gasteiger partial charge in [-0.25, -0.2) is 10.2 Å². The van der Waals surface area contributed by atoms with Crippen LogP contribution in [0.25, 0.3) is 10.9 Å². The highest BCUT2D eigenvalue weighted by Gasteiger charge is 2.25. The first-order valence-corrected chi connectivity index (χ1v) is 9.32. The van der Waals surface area contributed by atoms with Crippen molar-refractivity contribution in [1.82, 2.24) is 15.7 Å². The number of benzene rings is 1. The lowest BCUT2D eigenvalue weighted by Gasteiger charge is -2.23. The van der Waals surface area contributed by atoms with E-state index in [0.717, 1.165) is 16.5 Å². The van der Waals surface area contributed by atoms with Gasteiger partial charge in [-0.3, -0.25) is 9.78 Å². The zero-order valence-electron chi connectivity index (χ0n) is 17.0. The number of amides is 2. The summed E-state index contributed by atoms with van der Waals surface area (Å²) in [4.78, 5) is 28.9. The minimum absolute atomic E-state index is 0.205. The van der Waals surface area contributed by atoms with Gasteiger partial charge in [0.25, 0.3) is 5.91 Å². The zero-order chi connectivity index (χ0) is 20.7. The third-order valence-electron chi connectivity index (χ3n) is 3.76. The highest BCUT2D eigenvalue weighted by molar-refractivity contribution is 5.97. The molecule has 2 aromatic rings. The summed E-state index contributed by atoms with van der Waals surface area (Å²) in [6, 6.07) is 8.82. The Balaban J connectivity index is 2.06. The quantitative estimate of drug-likeness (QED) is 0.588. The molecule has 1 unspecified atom stereocenters. The number of carbonyl (C=O) groups is 2. The molecule has 0 spiro atoms. The Kier molecular flexibility index (Phi) is 7.09. The summed E-state index contributed by atoms with van der Waals surface area (Å²) in [5.41, 5.74) is 3.46. The number of pyridine rings is 1. The number of fused-ring (bicyclic) bond motifs is 1. The third-order valence-corrected chi connectivity index (χ3v) is 3.76. The summed E-state index contributed by atoms with van der Waals surface area (Å²) in [5, 5.41) is 7.66. The molecule has 0 radical (unpaired) electrons.